The second kappa shape index (κ2) is 7.85. The molecule has 0 saturated carbocycles. The fraction of sp³-hybridized carbons (Fsp3) is 0.238. The highest BCUT2D eigenvalue weighted by atomic mass is 32.2. The van der Waals surface area contributed by atoms with Gasteiger partial charge in [-0.2, -0.15) is 0 Å². The van der Waals surface area contributed by atoms with E-state index in [9.17, 15) is 9.59 Å². The summed E-state index contributed by atoms with van der Waals surface area (Å²) in [6, 6.07) is 13.8. The Morgan fingerprint density at radius 3 is 2.79 bits per heavy atom. The van der Waals surface area contributed by atoms with Crippen molar-refractivity contribution in [2.45, 2.75) is 31.9 Å². The van der Waals surface area contributed by atoms with E-state index in [-0.39, 0.29) is 18.2 Å². The largest absolute Gasteiger partial charge is 0.326 e. The van der Waals surface area contributed by atoms with Crippen molar-refractivity contribution in [2.24, 2.45) is 4.99 Å². The van der Waals surface area contributed by atoms with E-state index < -0.39 is 5.25 Å². The van der Waals surface area contributed by atoms with E-state index in [4.69, 9.17) is 0 Å². The molecule has 4 rings (SSSR count). The molecule has 0 fully saturated rings. The van der Waals surface area contributed by atoms with Gasteiger partial charge in [-0.15, -0.1) is 11.3 Å². The van der Waals surface area contributed by atoms with Gasteiger partial charge in [0.1, 0.15) is 10.3 Å². The van der Waals surface area contributed by atoms with E-state index >= 15 is 0 Å². The Labute approximate surface area is 171 Å². The van der Waals surface area contributed by atoms with Gasteiger partial charge in [0, 0.05) is 18.5 Å². The number of aromatic nitrogens is 1. The lowest BCUT2D eigenvalue weighted by atomic mass is 10.1. The standard InChI is InChI=1S/C21H19N3O2S2/c1-12-7-8-14(13(2)9-12)22-18(25)10-17-21(26)24-20(28-17)11-19-23-15-5-3-4-6-16(15)27-19/h3-9,17H,10-11H2,1-2H3,(H,22,25)/t17-/m1/s1. The maximum atomic E-state index is 12.4. The van der Waals surface area contributed by atoms with Crippen molar-refractivity contribution in [1.82, 2.24) is 4.98 Å². The number of anilines is 1. The Morgan fingerprint density at radius 1 is 1.18 bits per heavy atom. The third kappa shape index (κ3) is 4.15. The number of carbonyl (C=O) groups is 2. The van der Waals surface area contributed by atoms with Crippen molar-refractivity contribution in [2.75, 3.05) is 5.32 Å². The first-order valence-electron chi connectivity index (χ1n) is 8.97. The Bertz CT molecular complexity index is 1070. The Balaban J connectivity index is 1.37. The lowest BCUT2D eigenvalue weighted by Crippen LogP contribution is -2.21. The minimum absolute atomic E-state index is 0.115. The van der Waals surface area contributed by atoms with Crippen LogP contribution in [-0.4, -0.2) is 27.1 Å². The van der Waals surface area contributed by atoms with Crippen LogP contribution in [0.4, 0.5) is 5.69 Å². The fourth-order valence-corrected chi connectivity index (χ4v) is 5.24. The molecule has 1 aliphatic heterocycles. The summed E-state index contributed by atoms with van der Waals surface area (Å²) in [6.07, 6.45) is 0.647. The number of fused-ring (bicyclic) bond motifs is 1. The topological polar surface area (TPSA) is 71.4 Å². The van der Waals surface area contributed by atoms with Crippen molar-refractivity contribution in [3.05, 3.63) is 58.6 Å². The van der Waals surface area contributed by atoms with Gasteiger partial charge in [-0.3, -0.25) is 9.59 Å². The number of carbonyl (C=O) groups excluding carboxylic acids is 2. The molecule has 2 amide bonds. The first-order valence-corrected chi connectivity index (χ1v) is 10.7. The van der Waals surface area contributed by atoms with Crippen LogP contribution in [0.5, 0.6) is 0 Å². The highest BCUT2D eigenvalue weighted by molar-refractivity contribution is 8.15. The van der Waals surface area contributed by atoms with E-state index in [1.807, 2.05) is 56.3 Å². The zero-order valence-corrected chi connectivity index (χ0v) is 17.2. The van der Waals surface area contributed by atoms with Crippen LogP contribution in [0.15, 0.2) is 47.5 Å². The number of nitrogens with one attached hydrogen (secondary N) is 1. The molecule has 0 saturated heterocycles. The van der Waals surface area contributed by atoms with Gasteiger partial charge in [-0.25, -0.2) is 9.98 Å². The Hall–Kier alpha value is -2.51. The van der Waals surface area contributed by atoms with Crippen LogP contribution in [0.2, 0.25) is 0 Å². The number of benzene rings is 2. The summed E-state index contributed by atoms with van der Waals surface area (Å²) in [6.45, 7) is 3.97. The Morgan fingerprint density at radius 2 is 2.00 bits per heavy atom. The summed E-state index contributed by atoms with van der Waals surface area (Å²) >= 11 is 2.98. The average molecular weight is 410 g/mol. The van der Waals surface area contributed by atoms with E-state index in [0.29, 0.717) is 6.42 Å². The maximum absolute atomic E-state index is 12.4. The lowest BCUT2D eigenvalue weighted by Gasteiger charge is -2.11. The van der Waals surface area contributed by atoms with Gasteiger partial charge < -0.3 is 5.32 Å². The van der Waals surface area contributed by atoms with Gasteiger partial charge in [0.2, 0.25) is 5.91 Å². The first-order chi connectivity index (χ1) is 13.5. The zero-order chi connectivity index (χ0) is 19.7. The molecule has 1 aliphatic rings. The molecule has 0 spiro atoms. The minimum atomic E-state index is -0.463. The summed E-state index contributed by atoms with van der Waals surface area (Å²) in [5, 5.41) is 4.10. The molecule has 0 bridgehead atoms. The molecule has 142 valence electrons. The second-order valence-electron chi connectivity index (χ2n) is 6.77. The predicted molar refractivity (Wildman–Crippen MR) is 116 cm³/mol. The van der Waals surface area contributed by atoms with Crippen LogP contribution in [0.3, 0.4) is 0 Å². The summed E-state index contributed by atoms with van der Waals surface area (Å²) in [4.78, 5) is 33.4. The molecule has 1 atom stereocenters. The quantitative estimate of drug-likeness (QED) is 0.672. The number of nitrogens with zero attached hydrogens (tertiary/aromatic N) is 2. The first kappa shape index (κ1) is 18.8. The average Bonchev–Trinajstić information content (AvgIpc) is 3.20. The second-order valence-corrected chi connectivity index (χ2v) is 9.16. The molecule has 5 nitrogen and oxygen atoms in total. The summed E-state index contributed by atoms with van der Waals surface area (Å²) in [5.74, 6) is -0.411. The zero-order valence-electron chi connectivity index (χ0n) is 15.6. The molecule has 2 aromatic carbocycles. The molecule has 7 heteroatoms. The maximum Gasteiger partial charge on any atom is 0.260 e. The van der Waals surface area contributed by atoms with E-state index in [2.05, 4.69) is 15.3 Å². The molecular weight excluding hydrogens is 390 g/mol. The molecular formula is C21H19N3O2S2. The summed E-state index contributed by atoms with van der Waals surface area (Å²) < 4.78 is 1.12. The fourth-order valence-electron chi connectivity index (χ4n) is 3.09. The molecule has 28 heavy (non-hydrogen) atoms. The third-order valence-corrected chi connectivity index (χ3v) is 6.65. The van der Waals surface area contributed by atoms with Crippen LogP contribution in [0.1, 0.15) is 22.6 Å². The third-order valence-electron chi connectivity index (χ3n) is 4.46. The van der Waals surface area contributed by atoms with Gasteiger partial charge in [0.15, 0.2) is 0 Å². The van der Waals surface area contributed by atoms with Crippen molar-refractivity contribution >= 4 is 55.9 Å². The smallest absolute Gasteiger partial charge is 0.260 e. The van der Waals surface area contributed by atoms with Gasteiger partial charge in [-0.1, -0.05) is 41.6 Å². The van der Waals surface area contributed by atoms with E-state index in [1.165, 1.54) is 11.8 Å². The number of aliphatic imine (C=N–C) groups is 1. The molecule has 2 heterocycles. The van der Waals surface area contributed by atoms with Crippen molar-refractivity contribution in [3.8, 4) is 0 Å². The number of hydrogen-bond acceptors (Lipinski definition) is 5. The lowest BCUT2D eigenvalue weighted by molar-refractivity contribution is -0.121. The number of thiazole rings is 1. The van der Waals surface area contributed by atoms with Gasteiger partial charge in [-0.05, 0) is 37.6 Å². The minimum Gasteiger partial charge on any atom is -0.326 e. The van der Waals surface area contributed by atoms with Crippen molar-refractivity contribution in [1.29, 1.82) is 0 Å². The normalized spacial score (nSPS) is 16.4. The molecule has 0 unspecified atom stereocenters. The summed E-state index contributed by atoms with van der Waals surface area (Å²) in [5.41, 5.74) is 3.89. The highest BCUT2D eigenvalue weighted by Gasteiger charge is 2.30. The number of para-hydroxylation sites is 1. The Kier molecular flexibility index (Phi) is 5.28. The monoisotopic (exact) mass is 409 g/mol. The van der Waals surface area contributed by atoms with Crippen LogP contribution < -0.4 is 5.32 Å². The van der Waals surface area contributed by atoms with Crippen LogP contribution in [0.25, 0.3) is 10.2 Å². The SMILES string of the molecule is Cc1ccc(NC(=O)C[C@H]2SC(Cc3nc4ccccc4s3)=NC2=O)c(C)c1. The van der Waals surface area contributed by atoms with Crippen LogP contribution >= 0.6 is 23.1 Å². The van der Waals surface area contributed by atoms with Gasteiger partial charge >= 0.3 is 0 Å². The van der Waals surface area contributed by atoms with Crippen LogP contribution in [-0.2, 0) is 16.0 Å². The number of hydrogen-bond donors (Lipinski definition) is 1. The van der Waals surface area contributed by atoms with Gasteiger partial charge in [0.25, 0.3) is 5.91 Å². The number of thioether (sulfide) groups is 1. The molecule has 0 radical (unpaired) electrons. The number of rotatable bonds is 5. The molecule has 3 aromatic rings. The highest BCUT2D eigenvalue weighted by Crippen LogP contribution is 2.30. The molecule has 1 aromatic heterocycles. The van der Waals surface area contributed by atoms with E-state index in [1.54, 1.807) is 11.3 Å². The molecule has 1 N–H and O–H groups in total. The predicted octanol–water partition coefficient (Wildman–Crippen LogP) is 4.52. The molecule has 0 aliphatic carbocycles. The van der Waals surface area contributed by atoms with E-state index in [0.717, 1.165) is 37.1 Å². The van der Waals surface area contributed by atoms with Crippen LogP contribution in [0, 0.1) is 13.8 Å². The number of amides is 2. The number of aryl methyl sites for hydroxylation is 2. The van der Waals surface area contributed by atoms with Crippen molar-refractivity contribution in [3.63, 3.8) is 0 Å². The van der Waals surface area contributed by atoms with Crippen molar-refractivity contribution < 1.29 is 9.59 Å². The van der Waals surface area contributed by atoms with Gasteiger partial charge in [0.05, 0.1) is 15.3 Å². The summed E-state index contributed by atoms with van der Waals surface area (Å²) in [7, 11) is 0.